The van der Waals surface area contributed by atoms with Crippen LogP contribution < -0.4 is 17.0 Å². The van der Waals surface area contributed by atoms with E-state index in [9.17, 15) is 0 Å². The second-order valence-electron chi connectivity index (χ2n) is 3.42. The van der Waals surface area contributed by atoms with E-state index in [1.807, 2.05) is 0 Å². The summed E-state index contributed by atoms with van der Waals surface area (Å²) in [6.45, 7) is 4.26. The lowest BCUT2D eigenvalue weighted by Gasteiger charge is -2.05. The number of aryl methyl sites for hydroxylation is 1. The van der Waals surface area contributed by atoms with Crippen LogP contribution in [0.5, 0.6) is 0 Å². The number of aromatic nitrogens is 1. The number of nitrogens with zero attached hydrogens (tertiary/aromatic N) is 2. The Morgan fingerprint density at radius 2 is 1.77 bits per heavy atom. The summed E-state index contributed by atoms with van der Waals surface area (Å²) in [5.74, 6) is 0. The van der Waals surface area contributed by atoms with Crippen molar-refractivity contribution < 1.29 is 17.0 Å². The first kappa shape index (κ1) is 12.4. The zero-order chi connectivity index (χ0) is 8.97. The van der Waals surface area contributed by atoms with Gasteiger partial charge >= 0.3 is 0 Å². The van der Waals surface area contributed by atoms with E-state index in [0.717, 1.165) is 13.1 Å². The van der Waals surface area contributed by atoms with Gasteiger partial charge in [-0.2, -0.15) is 0 Å². The van der Waals surface area contributed by atoms with Crippen LogP contribution in [-0.2, 0) is 6.54 Å². The molecule has 2 nitrogen and oxygen atoms in total. The topological polar surface area (TPSA) is 7.12 Å². The largest absolute Gasteiger partial charge is 1.00 e. The van der Waals surface area contributed by atoms with Gasteiger partial charge in [0.25, 0.3) is 0 Å². The molecule has 1 rings (SSSR count). The van der Waals surface area contributed by atoms with Gasteiger partial charge in [0.2, 0.25) is 0 Å². The maximum absolute atomic E-state index is 2.20. The molecular formula is C10H17ClN2. The fourth-order valence-electron chi connectivity index (χ4n) is 0.996. The van der Waals surface area contributed by atoms with Crippen LogP contribution in [0, 0.1) is 6.92 Å². The van der Waals surface area contributed by atoms with Crippen LogP contribution in [0.1, 0.15) is 5.56 Å². The third-order valence-corrected chi connectivity index (χ3v) is 1.86. The average Bonchev–Trinajstić information content (AvgIpc) is 2.03. The summed E-state index contributed by atoms with van der Waals surface area (Å²) in [7, 11) is 4.18. The number of rotatable bonds is 3. The minimum atomic E-state index is 0. The molecule has 1 aromatic rings. The minimum Gasteiger partial charge on any atom is -1.00 e. The Labute approximate surface area is 86.6 Å². The predicted molar refractivity (Wildman–Crippen MR) is 49.9 cm³/mol. The lowest BCUT2D eigenvalue weighted by Crippen LogP contribution is -3.00. The van der Waals surface area contributed by atoms with E-state index in [4.69, 9.17) is 0 Å². The summed E-state index contributed by atoms with van der Waals surface area (Å²) in [6, 6.07) is 4.27. The van der Waals surface area contributed by atoms with Crippen molar-refractivity contribution in [2.45, 2.75) is 13.5 Å². The van der Waals surface area contributed by atoms with Gasteiger partial charge in [-0.25, -0.2) is 4.57 Å². The molecular weight excluding hydrogens is 184 g/mol. The van der Waals surface area contributed by atoms with Crippen LogP contribution in [-0.4, -0.2) is 25.5 Å². The summed E-state index contributed by atoms with van der Waals surface area (Å²) >= 11 is 0. The Morgan fingerprint density at radius 1 is 1.23 bits per heavy atom. The molecule has 0 aliphatic rings. The Kier molecular flexibility index (Phi) is 5.67. The van der Waals surface area contributed by atoms with E-state index in [1.165, 1.54) is 5.56 Å². The number of likely N-dealkylation sites (N-methyl/N-ethyl adjacent to an activating group) is 1. The molecule has 13 heavy (non-hydrogen) atoms. The summed E-state index contributed by atoms with van der Waals surface area (Å²) < 4.78 is 2.20. The molecule has 0 aromatic carbocycles. The van der Waals surface area contributed by atoms with E-state index >= 15 is 0 Å². The molecule has 3 heteroatoms. The van der Waals surface area contributed by atoms with Gasteiger partial charge in [-0.15, -0.1) is 0 Å². The highest BCUT2D eigenvalue weighted by molar-refractivity contribution is 5.03. The lowest BCUT2D eigenvalue weighted by atomic mass is 10.3. The van der Waals surface area contributed by atoms with Crippen molar-refractivity contribution in [2.24, 2.45) is 0 Å². The quantitative estimate of drug-likeness (QED) is 0.505. The van der Waals surface area contributed by atoms with Crippen LogP contribution in [0.15, 0.2) is 24.5 Å². The molecule has 0 aliphatic heterocycles. The number of pyridine rings is 1. The van der Waals surface area contributed by atoms with Gasteiger partial charge in [0.1, 0.15) is 0 Å². The van der Waals surface area contributed by atoms with Crippen LogP contribution in [0.2, 0.25) is 0 Å². The molecule has 0 saturated heterocycles. The van der Waals surface area contributed by atoms with Crippen molar-refractivity contribution in [3.05, 3.63) is 30.1 Å². The zero-order valence-corrected chi connectivity index (χ0v) is 9.25. The molecule has 1 aromatic heterocycles. The van der Waals surface area contributed by atoms with Crippen LogP contribution in [0.25, 0.3) is 0 Å². The Morgan fingerprint density at radius 3 is 2.23 bits per heavy atom. The maximum atomic E-state index is 2.20. The summed E-state index contributed by atoms with van der Waals surface area (Å²) in [4.78, 5) is 2.19. The van der Waals surface area contributed by atoms with E-state index < -0.39 is 0 Å². The van der Waals surface area contributed by atoms with Crippen molar-refractivity contribution in [1.29, 1.82) is 0 Å². The molecule has 0 aliphatic carbocycles. The van der Waals surface area contributed by atoms with Gasteiger partial charge in [0.05, 0.1) is 6.54 Å². The highest BCUT2D eigenvalue weighted by atomic mass is 35.5. The van der Waals surface area contributed by atoms with Crippen molar-refractivity contribution >= 4 is 0 Å². The molecule has 0 spiro atoms. The molecule has 74 valence electrons. The molecule has 0 N–H and O–H groups in total. The molecule has 0 unspecified atom stereocenters. The first-order chi connectivity index (χ1) is 5.68. The smallest absolute Gasteiger partial charge is 0.169 e. The van der Waals surface area contributed by atoms with Crippen molar-refractivity contribution in [3.8, 4) is 0 Å². The van der Waals surface area contributed by atoms with Gasteiger partial charge < -0.3 is 17.3 Å². The minimum absolute atomic E-state index is 0. The third kappa shape index (κ3) is 4.86. The number of halogens is 1. The first-order valence-corrected chi connectivity index (χ1v) is 4.29. The van der Waals surface area contributed by atoms with Crippen LogP contribution in [0.3, 0.4) is 0 Å². The molecule has 1 heterocycles. The Hall–Kier alpha value is -0.600. The lowest BCUT2D eigenvalue weighted by molar-refractivity contribution is -0.696. The fourth-order valence-corrected chi connectivity index (χ4v) is 0.996. The standard InChI is InChI=1S/C10H17N2.ClH/c1-10-4-6-12(7-5-10)9-8-11(2)3;/h4-7H,8-9H2,1-3H3;1H/q+1;/p-1. The van der Waals surface area contributed by atoms with Gasteiger partial charge in [-0.05, 0) is 26.6 Å². The van der Waals surface area contributed by atoms with Gasteiger partial charge in [0, 0.05) is 12.1 Å². The van der Waals surface area contributed by atoms with Gasteiger partial charge in [-0.1, -0.05) is 0 Å². The summed E-state index contributed by atoms with van der Waals surface area (Å²) in [5, 5.41) is 0. The molecule has 0 radical (unpaired) electrons. The molecule has 0 saturated carbocycles. The fraction of sp³-hybridized carbons (Fsp3) is 0.500. The second-order valence-corrected chi connectivity index (χ2v) is 3.42. The summed E-state index contributed by atoms with van der Waals surface area (Å²) in [6.07, 6.45) is 4.25. The molecule has 0 atom stereocenters. The van der Waals surface area contributed by atoms with Gasteiger partial charge in [0.15, 0.2) is 18.9 Å². The molecule has 0 fully saturated rings. The molecule has 0 amide bonds. The van der Waals surface area contributed by atoms with E-state index in [0.29, 0.717) is 0 Å². The van der Waals surface area contributed by atoms with Crippen LogP contribution >= 0.6 is 0 Å². The van der Waals surface area contributed by atoms with E-state index in [1.54, 1.807) is 0 Å². The SMILES string of the molecule is Cc1cc[n+](CCN(C)C)cc1.[Cl-]. The Bertz CT molecular complexity index is 231. The number of hydrogen-bond donors (Lipinski definition) is 0. The number of hydrogen-bond acceptors (Lipinski definition) is 1. The normalized spacial score (nSPS) is 9.85. The van der Waals surface area contributed by atoms with Gasteiger partial charge in [-0.3, -0.25) is 0 Å². The van der Waals surface area contributed by atoms with Crippen molar-refractivity contribution in [2.75, 3.05) is 20.6 Å². The maximum Gasteiger partial charge on any atom is 0.169 e. The highest BCUT2D eigenvalue weighted by Gasteiger charge is 1.98. The first-order valence-electron chi connectivity index (χ1n) is 4.29. The third-order valence-electron chi connectivity index (χ3n) is 1.86. The average molecular weight is 201 g/mol. The van der Waals surface area contributed by atoms with Crippen molar-refractivity contribution in [1.82, 2.24) is 4.90 Å². The predicted octanol–water partition coefficient (Wildman–Crippen LogP) is -2.15. The highest BCUT2D eigenvalue weighted by Crippen LogP contribution is 1.89. The van der Waals surface area contributed by atoms with Crippen LogP contribution in [0.4, 0.5) is 0 Å². The molecule has 0 bridgehead atoms. The monoisotopic (exact) mass is 200 g/mol. The second kappa shape index (κ2) is 5.95. The summed E-state index contributed by atoms with van der Waals surface area (Å²) in [5.41, 5.74) is 1.32. The van der Waals surface area contributed by atoms with E-state index in [2.05, 4.69) is 55.0 Å². The van der Waals surface area contributed by atoms with Crippen molar-refractivity contribution in [3.63, 3.8) is 0 Å². The van der Waals surface area contributed by atoms with E-state index in [-0.39, 0.29) is 12.4 Å². The zero-order valence-electron chi connectivity index (χ0n) is 8.50. The Balaban J connectivity index is 0.00000144.